The van der Waals surface area contributed by atoms with Crippen LogP contribution in [0.4, 0.5) is 0 Å². The number of hydrogen-bond acceptors (Lipinski definition) is 4. The van der Waals surface area contributed by atoms with E-state index in [4.69, 9.17) is 12.2 Å². The number of hydrogen-bond donors (Lipinski definition) is 3. The molecule has 0 aliphatic rings. The van der Waals surface area contributed by atoms with Crippen molar-refractivity contribution in [2.75, 3.05) is 6.54 Å². The Morgan fingerprint density at radius 2 is 2.13 bits per heavy atom. The normalized spacial score (nSPS) is 11.8. The number of hydrazine groups is 1. The zero-order valence-electron chi connectivity index (χ0n) is 14.0. The lowest BCUT2D eigenvalue weighted by Gasteiger charge is -2.15. The minimum Gasteiger partial charge on any atom is -0.361 e. The van der Waals surface area contributed by atoms with Crippen LogP contribution in [-0.2, 0) is 11.3 Å². The fraction of sp³-hybridized carbons (Fsp3) is 0.667. The van der Waals surface area contributed by atoms with Crippen molar-refractivity contribution >= 4 is 34.6 Å². The van der Waals surface area contributed by atoms with Crippen LogP contribution in [0.25, 0.3) is 0 Å². The van der Waals surface area contributed by atoms with E-state index in [2.05, 4.69) is 30.0 Å². The Labute approximate surface area is 146 Å². The van der Waals surface area contributed by atoms with Gasteiger partial charge in [-0.25, -0.2) is 0 Å². The molecule has 23 heavy (non-hydrogen) atoms. The van der Waals surface area contributed by atoms with Crippen molar-refractivity contribution < 1.29 is 4.79 Å². The highest BCUT2D eigenvalue weighted by atomic mass is 32.1. The molecule has 0 spiro atoms. The molecule has 8 heteroatoms. The average Bonchev–Trinajstić information content (AvgIpc) is 2.83. The van der Waals surface area contributed by atoms with Gasteiger partial charge >= 0.3 is 4.87 Å². The third-order valence-electron chi connectivity index (χ3n) is 3.51. The van der Waals surface area contributed by atoms with Gasteiger partial charge in [-0.05, 0) is 31.5 Å². The Hall–Kier alpha value is -1.41. The number of carbonyl (C=O) groups is 1. The molecule has 0 aliphatic carbocycles. The number of aromatic nitrogens is 1. The summed E-state index contributed by atoms with van der Waals surface area (Å²) in [4.78, 5) is 23.2. The number of thiazole rings is 1. The lowest BCUT2D eigenvalue weighted by Crippen LogP contribution is -2.48. The molecule has 0 saturated carbocycles. The Morgan fingerprint density at radius 3 is 2.74 bits per heavy atom. The fourth-order valence-electron chi connectivity index (χ4n) is 2.06. The first-order valence-electron chi connectivity index (χ1n) is 7.91. The minimum absolute atomic E-state index is 0.0167. The van der Waals surface area contributed by atoms with E-state index >= 15 is 0 Å². The number of amides is 1. The summed E-state index contributed by atoms with van der Waals surface area (Å²) in [5.41, 5.74) is 5.94. The van der Waals surface area contributed by atoms with E-state index in [-0.39, 0.29) is 17.3 Å². The van der Waals surface area contributed by atoms with Crippen molar-refractivity contribution in [1.82, 2.24) is 20.7 Å². The highest BCUT2D eigenvalue weighted by molar-refractivity contribution is 7.80. The van der Waals surface area contributed by atoms with E-state index in [0.717, 1.165) is 30.0 Å². The highest BCUT2D eigenvalue weighted by Crippen LogP contribution is 2.07. The molecule has 0 bridgehead atoms. The summed E-state index contributed by atoms with van der Waals surface area (Å²) in [6, 6.07) is 0. The smallest absolute Gasteiger partial charge is 0.307 e. The molecule has 3 N–H and O–H groups in total. The maximum absolute atomic E-state index is 11.8. The van der Waals surface area contributed by atoms with E-state index in [9.17, 15) is 9.59 Å². The molecular weight excluding hydrogens is 332 g/mol. The molecule has 1 rings (SSSR count). The van der Waals surface area contributed by atoms with Gasteiger partial charge in [0, 0.05) is 17.6 Å². The van der Waals surface area contributed by atoms with Crippen molar-refractivity contribution in [2.45, 2.75) is 53.0 Å². The van der Waals surface area contributed by atoms with Gasteiger partial charge in [0.25, 0.3) is 5.91 Å². The van der Waals surface area contributed by atoms with Gasteiger partial charge < -0.3 is 5.32 Å². The fourth-order valence-corrected chi connectivity index (χ4v) is 2.93. The molecule has 130 valence electrons. The zero-order valence-corrected chi connectivity index (χ0v) is 15.6. The largest absolute Gasteiger partial charge is 0.361 e. The Balaban J connectivity index is 2.22. The molecule has 0 saturated heterocycles. The molecule has 0 aliphatic heterocycles. The van der Waals surface area contributed by atoms with Crippen LogP contribution < -0.4 is 21.0 Å². The summed E-state index contributed by atoms with van der Waals surface area (Å²) in [5, 5.41) is 5.20. The monoisotopic (exact) mass is 358 g/mol. The van der Waals surface area contributed by atoms with Crippen LogP contribution >= 0.6 is 23.6 Å². The second-order valence-corrected chi connectivity index (χ2v) is 6.94. The molecule has 0 radical (unpaired) electrons. The first-order valence-corrected chi connectivity index (χ1v) is 9.20. The summed E-state index contributed by atoms with van der Waals surface area (Å²) in [6.07, 6.45) is 4.87. The SMILES string of the molecule is CCCCCC(C)CNC(=S)NNC(=O)Cn1c(C)csc1=O. The number of nitrogens with one attached hydrogen (secondary N) is 3. The van der Waals surface area contributed by atoms with Crippen LogP contribution in [0.5, 0.6) is 0 Å². The second-order valence-electron chi connectivity index (χ2n) is 5.71. The topological polar surface area (TPSA) is 75.2 Å². The van der Waals surface area contributed by atoms with E-state index < -0.39 is 0 Å². The van der Waals surface area contributed by atoms with Gasteiger partial charge in [-0.2, -0.15) is 0 Å². The number of nitrogens with zero attached hydrogens (tertiary/aromatic N) is 1. The maximum atomic E-state index is 11.8. The van der Waals surface area contributed by atoms with Gasteiger partial charge in [-0.3, -0.25) is 25.0 Å². The molecule has 1 heterocycles. The summed E-state index contributed by atoms with van der Waals surface area (Å²) >= 11 is 6.21. The van der Waals surface area contributed by atoms with Gasteiger partial charge in [0.1, 0.15) is 6.54 Å². The standard InChI is InChI=1S/C15H26N4O2S2/c1-4-5-6-7-11(2)8-16-14(22)18-17-13(20)9-19-12(3)10-23-15(19)21/h10-11H,4-9H2,1-3H3,(H,17,20)(H2,16,18,22). The molecule has 1 amide bonds. The van der Waals surface area contributed by atoms with Gasteiger partial charge in [-0.1, -0.05) is 44.4 Å². The lowest BCUT2D eigenvalue weighted by atomic mass is 10.0. The van der Waals surface area contributed by atoms with Gasteiger partial charge in [0.05, 0.1) is 0 Å². The van der Waals surface area contributed by atoms with Gasteiger partial charge in [0.15, 0.2) is 5.11 Å². The summed E-state index contributed by atoms with van der Waals surface area (Å²) < 4.78 is 1.42. The van der Waals surface area contributed by atoms with Crippen LogP contribution in [0, 0.1) is 12.8 Å². The van der Waals surface area contributed by atoms with Crippen LogP contribution in [0.1, 0.15) is 45.2 Å². The molecule has 0 fully saturated rings. The van der Waals surface area contributed by atoms with Crippen molar-refractivity contribution in [1.29, 1.82) is 0 Å². The number of thiocarbonyl (C=S) groups is 1. The quantitative estimate of drug-likeness (QED) is 0.376. The Kier molecular flexibility index (Phi) is 8.86. The zero-order chi connectivity index (χ0) is 17.2. The van der Waals surface area contributed by atoms with E-state index in [1.54, 1.807) is 12.3 Å². The van der Waals surface area contributed by atoms with Crippen molar-refractivity contribution in [3.05, 3.63) is 20.7 Å². The average molecular weight is 359 g/mol. The summed E-state index contributed by atoms with van der Waals surface area (Å²) in [6.45, 7) is 6.92. The van der Waals surface area contributed by atoms with E-state index in [1.807, 2.05) is 0 Å². The van der Waals surface area contributed by atoms with Crippen LogP contribution in [-0.4, -0.2) is 22.1 Å². The third kappa shape index (κ3) is 7.60. The maximum Gasteiger partial charge on any atom is 0.307 e. The van der Waals surface area contributed by atoms with Crippen LogP contribution in [0.3, 0.4) is 0 Å². The predicted molar refractivity (Wildman–Crippen MR) is 98.5 cm³/mol. The number of rotatable bonds is 8. The van der Waals surface area contributed by atoms with Crippen molar-refractivity contribution in [2.24, 2.45) is 5.92 Å². The van der Waals surface area contributed by atoms with Crippen molar-refractivity contribution in [3.8, 4) is 0 Å². The summed E-state index contributed by atoms with van der Waals surface area (Å²) in [7, 11) is 0. The predicted octanol–water partition coefficient (Wildman–Crippen LogP) is 1.93. The lowest BCUT2D eigenvalue weighted by molar-refractivity contribution is -0.122. The van der Waals surface area contributed by atoms with Crippen molar-refractivity contribution in [3.63, 3.8) is 0 Å². The number of carbonyl (C=O) groups excluding carboxylic acids is 1. The van der Waals surface area contributed by atoms with Gasteiger partial charge in [0.2, 0.25) is 0 Å². The first-order chi connectivity index (χ1) is 10.9. The van der Waals surface area contributed by atoms with Crippen LogP contribution in [0.15, 0.2) is 10.2 Å². The van der Waals surface area contributed by atoms with E-state index in [1.165, 1.54) is 23.8 Å². The summed E-state index contributed by atoms with van der Waals surface area (Å²) in [5.74, 6) is 0.220. The second kappa shape index (κ2) is 10.4. The molecule has 1 aromatic rings. The van der Waals surface area contributed by atoms with E-state index in [0.29, 0.717) is 11.0 Å². The van der Waals surface area contributed by atoms with Crippen LogP contribution in [0.2, 0.25) is 0 Å². The number of aryl methyl sites for hydroxylation is 1. The highest BCUT2D eigenvalue weighted by Gasteiger charge is 2.09. The molecule has 1 aromatic heterocycles. The van der Waals surface area contributed by atoms with Gasteiger partial charge in [-0.15, -0.1) is 0 Å². The minimum atomic E-state index is -0.311. The molecule has 6 nitrogen and oxygen atoms in total. The molecule has 0 aromatic carbocycles. The molecule has 1 unspecified atom stereocenters. The number of unbranched alkanes of at least 4 members (excludes halogenated alkanes) is 2. The Bertz CT molecular complexity index is 568. The third-order valence-corrected chi connectivity index (χ3v) is 4.63. The Morgan fingerprint density at radius 1 is 1.39 bits per heavy atom. The molecular formula is C15H26N4O2S2. The first kappa shape index (κ1) is 19.6. The molecule has 1 atom stereocenters.